The van der Waals surface area contributed by atoms with Gasteiger partial charge in [-0.3, -0.25) is 10.1 Å². The lowest BCUT2D eigenvalue weighted by Crippen LogP contribution is -2.07. The second-order valence-electron chi connectivity index (χ2n) is 4.86. The van der Waals surface area contributed by atoms with Crippen LogP contribution in [0.5, 0.6) is 0 Å². The molecule has 0 fully saturated rings. The number of hydrogen-bond acceptors (Lipinski definition) is 4. The second-order valence-corrected chi connectivity index (χ2v) is 4.86. The molecule has 0 radical (unpaired) electrons. The van der Waals surface area contributed by atoms with Crippen molar-refractivity contribution in [2.75, 3.05) is 5.32 Å². The van der Waals surface area contributed by atoms with Gasteiger partial charge in [0.15, 0.2) is 0 Å². The molecule has 21 heavy (non-hydrogen) atoms. The molecule has 5 nitrogen and oxygen atoms in total. The van der Waals surface area contributed by atoms with Crippen molar-refractivity contribution in [3.8, 4) is 6.07 Å². The molecule has 106 valence electrons. The van der Waals surface area contributed by atoms with Crippen LogP contribution in [0.4, 0.5) is 11.4 Å². The van der Waals surface area contributed by atoms with Crippen molar-refractivity contribution in [1.29, 1.82) is 5.26 Å². The predicted molar refractivity (Wildman–Crippen MR) is 81.0 cm³/mol. The van der Waals surface area contributed by atoms with Crippen LogP contribution >= 0.6 is 0 Å². The van der Waals surface area contributed by atoms with Crippen LogP contribution in [0.2, 0.25) is 0 Å². The SMILES string of the molecule is Cc1ccc(NC(C)c2ccc(C#N)cc2)cc1[N+](=O)[O-]. The molecule has 1 atom stereocenters. The smallest absolute Gasteiger partial charge is 0.274 e. The highest BCUT2D eigenvalue weighted by atomic mass is 16.6. The number of nitrogens with zero attached hydrogens (tertiary/aromatic N) is 2. The van der Waals surface area contributed by atoms with Gasteiger partial charge in [0.2, 0.25) is 0 Å². The van der Waals surface area contributed by atoms with Gasteiger partial charge in [0.05, 0.1) is 16.6 Å². The quantitative estimate of drug-likeness (QED) is 0.679. The molecule has 2 rings (SSSR count). The van der Waals surface area contributed by atoms with Gasteiger partial charge in [-0.1, -0.05) is 18.2 Å². The van der Waals surface area contributed by atoms with Crippen LogP contribution in [-0.4, -0.2) is 4.92 Å². The van der Waals surface area contributed by atoms with E-state index in [1.165, 1.54) is 6.07 Å². The minimum absolute atomic E-state index is 0.0138. The lowest BCUT2D eigenvalue weighted by molar-refractivity contribution is -0.385. The maximum atomic E-state index is 10.9. The summed E-state index contributed by atoms with van der Waals surface area (Å²) >= 11 is 0. The Morgan fingerprint density at radius 1 is 1.24 bits per heavy atom. The van der Waals surface area contributed by atoms with E-state index in [1.807, 2.05) is 25.1 Å². The Morgan fingerprint density at radius 3 is 2.48 bits per heavy atom. The van der Waals surface area contributed by atoms with Crippen molar-refractivity contribution in [3.63, 3.8) is 0 Å². The molecule has 0 aliphatic heterocycles. The topological polar surface area (TPSA) is 79.0 Å². The molecule has 5 heteroatoms. The van der Waals surface area contributed by atoms with Crippen molar-refractivity contribution in [1.82, 2.24) is 0 Å². The highest BCUT2D eigenvalue weighted by molar-refractivity contribution is 5.55. The van der Waals surface area contributed by atoms with E-state index in [4.69, 9.17) is 5.26 Å². The molecule has 0 heterocycles. The van der Waals surface area contributed by atoms with E-state index >= 15 is 0 Å². The number of anilines is 1. The van der Waals surface area contributed by atoms with Crippen LogP contribution in [0.25, 0.3) is 0 Å². The van der Waals surface area contributed by atoms with Crippen LogP contribution in [0.1, 0.15) is 29.7 Å². The summed E-state index contributed by atoms with van der Waals surface area (Å²) in [5.74, 6) is 0. The first-order valence-electron chi connectivity index (χ1n) is 6.53. The minimum Gasteiger partial charge on any atom is -0.378 e. The van der Waals surface area contributed by atoms with E-state index in [2.05, 4.69) is 11.4 Å². The highest BCUT2D eigenvalue weighted by Gasteiger charge is 2.12. The Morgan fingerprint density at radius 2 is 1.90 bits per heavy atom. The van der Waals surface area contributed by atoms with Crippen LogP contribution in [0, 0.1) is 28.4 Å². The van der Waals surface area contributed by atoms with Gasteiger partial charge in [-0.15, -0.1) is 0 Å². The Kier molecular flexibility index (Phi) is 4.19. The molecule has 0 amide bonds. The highest BCUT2D eigenvalue weighted by Crippen LogP contribution is 2.25. The van der Waals surface area contributed by atoms with Crippen molar-refractivity contribution in [3.05, 3.63) is 69.3 Å². The lowest BCUT2D eigenvalue weighted by Gasteiger charge is -2.16. The van der Waals surface area contributed by atoms with E-state index in [0.29, 0.717) is 16.8 Å². The first kappa shape index (κ1) is 14.5. The van der Waals surface area contributed by atoms with E-state index in [0.717, 1.165) is 5.56 Å². The van der Waals surface area contributed by atoms with Crippen molar-refractivity contribution in [2.24, 2.45) is 0 Å². The summed E-state index contributed by atoms with van der Waals surface area (Å²) in [6.07, 6.45) is 0. The van der Waals surface area contributed by atoms with Crippen molar-refractivity contribution in [2.45, 2.75) is 19.9 Å². The zero-order chi connectivity index (χ0) is 15.4. The van der Waals surface area contributed by atoms with E-state index in [1.54, 1.807) is 25.1 Å². The standard InChI is InChI=1S/C16H15N3O2/c1-11-3-8-15(9-16(11)19(20)21)18-12(2)14-6-4-13(10-17)5-7-14/h3-9,12,18H,1-2H3. The third-order valence-electron chi connectivity index (χ3n) is 3.33. The molecule has 2 aromatic carbocycles. The molecule has 0 spiro atoms. The maximum Gasteiger partial charge on any atom is 0.274 e. The Hall–Kier alpha value is -2.87. The minimum atomic E-state index is -0.382. The molecule has 0 aliphatic carbocycles. The molecule has 0 saturated heterocycles. The normalized spacial score (nSPS) is 11.5. The number of nitro groups is 1. The van der Waals surface area contributed by atoms with Gasteiger partial charge in [-0.2, -0.15) is 5.26 Å². The number of rotatable bonds is 4. The predicted octanol–water partition coefficient (Wildman–Crippen LogP) is 3.95. The Labute approximate surface area is 123 Å². The molecule has 0 bridgehead atoms. The molecule has 0 aromatic heterocycles. The second kappa shape index (κ2) is 6.06. The van der Waals surface area contributed by atoms with Gasteiger partial charge in [0.1, 0.15) is 0 Å². The average Bonchev–Trinajstić information content (AvgIpc) is 2.49. The fourth-order valence-corrected chi connectivity index (χ4v) is 2.08. The number of aryl methyl sites for hydroxylation is 1. The van der Waals surface area contributed by atoms with Crippen LogP contribution in [0.3, 0.4) is 0 Å². The summed E-state index contributed by atoms with van der Waals surface area (Å²) in [5, 5.41) is 23.0. The number of benzene rings is 2. The van der Waals surface area contributed by atoms with Crippen LogP contribution < -0.4 is 5.32 Å². The van der Waals surface area contributed by atoms with E-state index in [9.17, 15) is 10.1 Å². The van der Waals surface area contributed by atoms with Crippen LogP contribution in [0.15, 0.2) is 42.5 Å². The third-order valence-corrected chi connectivity index (χ3v) is 3.33. The number of hydrogen-bond donors (Lipinski definition) is 1. The van der Waals surface area contributed by atoms with Gasteiger partial charge in [0, 0.05) is 23.4 Å². The van der Waals surface area contributed by atoms with Crippen LogP contribution in [-0.2, 0) is 0 Å². The lowest BCUT2D eigenvalue weighted by atomic mass is 10.1. The molecule has 1 unspecified atom stereocenters. The summed E-state index contributed by atoms with van der Waals surface area (Å²) < 4.78 is 0. The zero-order valence-corrected chi connectivity index (χ0v) is 11.8. The third kappa shape index (κ3) is 3.37. The van der Waals surface area contributed by atoms with Gasteiger partial charge in [0.25, 0.3) is 5.69 Å². The Balaban J connectivity index is 2.19. The molecule has 2 aromatic rings. The first-order valence-corrected chi connectivity index (χ1v) is 6.53. The summed E-state index contributed by atoms with van der Waals surface area (Å²) in [6.45, 7) is 3.68. The molecule has 0 aliphatic rings. The average molecular weight is 281 g/mol. The van der Waals surface area contributed by atoms with Gasteiger partial charge >= 0.3 is 0 Å². The fourth-order valence-electron chi connectivity index (χ4n) is 2.08. The number of nitriles is 1. The molecular formula is C16H15N3O2. The number of nitrogens with one attached hydrogen (secondary N) is 1. The fraction of sp³-hybridized carbons (Fsp3) is 0.188. The number of nitro benzene ring substituents is 1. The summed E-state index contributed by atoms with van der Waals surface area (Å²) in [7, 11) is 0. The monoisotopic (exact) mass is 281 g/mol. The van der Waals surface area contributed by atoms with Gasteiger partial charge in [-0.25, -0.2) is 0 Å². The van der Waals surface area contributed by atoms with E-state index < -0.39 is 0 Å². The summed E-state index contributed by atoms with van der Waals surface area (Å²) in [5.41, 5.74) is 3.06. The van der Waals surface area contributed by atoms with Gasteiger partial charge < -0.3 is 5.32 Å². The van der Waals surface area contributed by atoms with Crippen molar-refractivity contribution >= 4 is 11.4 Å². The summed E-state index contributed by atoms with van der Waals surface area (Å²) in [6, 6.07) is 14.4. The van der Waals surface area contributed by atoms with Crippen molar-refractivity contribution < 1.29 is 4.92 Å². The molecule has 1 N–H and O–H groups in total. The zero-order valence-electron chi connectivity index (χ0n) is 11.8. The Bertz CT molecular complexity index is 702. The summed E-state index contributed by atoms with van der Waals surface area (Å²) in [4.78, 5) is 10.6. The largest absolute Gasteiger partial charge is 0.378 e. The molecule has 0 saturated carbocycles. The van der Waals surface area contributed by atoms with E-state index in [-0.39, 0.29) is 16.7 Å². The first-order chi connectivity index (χ1) is 10.0. The van der Waals surface area contributed by atoms with Gasteiger partial charge in [-0.05, 0) is 37.6 Å². The maximum absolute atomic E-state index is 10.9. The molecular weight excluding hydrogens is 266 g/mol.